The average Bonchev–Trinajstić information content (AvgIpc) is 3.18. The molecule has 1 unspecified atom stereocenters. The minimum Gasteiger partial charge on any atom is -0.292 e. The first kappa shape index (κ1) is 17.2. The van der Waals surface area contributed by atoms with Crippen molar-refractivity contribution in [3.63, 3.8) is 0 Å². The largest absolute Gasteiger partial charge is 0.292 e. The van der Waals surface area contributed by atoms with Crippen LogP contribution in [0.2, 0.25) is 0 Å². The van der Waals surface area contributed by atoms with Gasteiger partial charge in [0.25, 0.3) is 0 Å². The summed E-state index contributed by atoms with van der Waals surface area (Å²) in [6, 6.07) is 8.75. The predicted octanol–water partition coefficient (Wildman–Crippen LogP) is 3.93. The van der Waals surface area contributed by atoms with Crippen LogP contribution in [0.25, 0.3) is 10.2 Å². The van der Waals surface area contributed by atoms with E-state index in [1.807, 2.05) is 22.9 Å². The third-order valence-electron chi connectivity index (χ3n) is 4.66. The fraction of sp³-hybridized carbons (Fsp3) is 0.471. The van der Waals surface area contributed by atoms with Crippen LogP contribution in [0.4, 0.5) is 0 Å². The fourth-order valence-corrected chi connectivity index (χ4v) is 5.32. The molecule has 1 fully saturated rings. The Bertz CT molecular complexity index is 887. The van der Waals surface area contributed by atoms with E-state index in [0.29, 0.717) is 6.04 Å². The summed E-state index contributed by atoms with van der Waals surface area (Å²) in [4.78, 5) is 9.78. The molecule has 3 heterocycles. The summed E-state index contributed by atoms with van der Waals surface area (Å²) in [5.74, 6) is 0. The molecule has 2 aromatic heterocycles. The highest BCUT2D eigenvalue weighted by Gasteiger charge is 2.24. The Hall–Kier alpha value is -1.19. The highest BCUT2D eigenvalue weighted by Crippen LogP contribution is 2.29. The molecule has 5 nitrogen and oxygen atoms in total. The van der Waals surface area contributed by atoms with Crippen LogP contribution in [0, 0.1) is 10.9 Å². The number of benzene rings is 1. The SMILES string of the molecule is Cc1nn(CN2CCN(C(C)c3nc4ccccc4s3)CC2)c(=S)s1. The number of nitrogens with zero attached hydrogens (tertiary/aromatic N) is 5. The van der Waals surface area contributed by atoms with E-state index in [1.165, 1.54) is 9.71 Å². The third kappa shape index (κ3) is 3.68. The second kappa shape index (κ2) is 7.20. The summed E-state index contributed by atoms with van der Waals surface area (Å²) < 4.78 is 4.08. The van der Waals surface area contributed by atoms with Gasteiger partial charge in [-0.1, -0.05) is 23.5 Å². The summed E-state index contributed by atoms with van der Waals surface area (Å²) in [5.41, 5.74) is 1.11. The standard InChI is InChI=1S/C17H21N5S3/c1-12(16-18-14-5-3-4-6-15(14)25-16)21-9-7-20(8-10-21)11-22-17(23)24-13(2)19-22/h3-6,12H,7-11H2,1-2H3. The van der Waals surface area contributed by atoms with Gasteiger partial charge in [-0.2, -0.15) is 5.10 Å². The molecule has 1 aliphatic rings. The number of para-hydroxylation sites is 1. The number of thiazole rings is 1. The van der Waals surface area contributed by atoms with Gasteiger partial charge in [0.1, 0.15) is 10.0 Å². The molecular weight excluding hydrogens is 370 g/mol. The van der Waals surface area contributed by atoms with Crippen molar-refractivity contribution < 1.29 is 0 Å². The summed E-state index contributed by atoms with van der Waals surface area (Å²) in [5, 5.41) is 6.75. The molecule has 0 saturated carbocycles. The molecule has 8 heteroatoms. The number of hydrogen-bond donors (Lipinski definition) is 0. The molecule has 1 saturated heterocycles. The van der Waals surface area contributed by atoms with Crippen LogP contribution in [0.1, 0.15) is 23.0 Å². The van der Waals surface area contributed by atoms with E-state index in [0.717, 1.165) is 47.3 Å². The maximum Gasteiger partial charge on any atom is 0.180 e. The molecular formula is C17H21N5S3. The lowest BCUT2D eigenvalue weighted by atomic mass is 10.2. The van der Waals surface area contributed by atoms with Crippen LogP contribution in [-0.4, -0.2) is 50.7 Å². The molecule has 25 heavy (non-hydrogen) atoms. The Balaban J connectivity index is 1.39. The second-order valence-electron chi connectivity index (χ2n) is 6.38. The molecule has 0 aliphatic carbocycles. The Morgan fingerprint density at radius 2 is 1.92 bits per heavy atom. The van der Waals surface area contributed by atoms with Gasteiger partial charge in [-0.25, -0.2) is 9.67 Å². The molecule has 0 amide bonds. The van der Waals surface area contributed by atoms with Crippen LogP contribution >= 0.6 is 34.9 Å². The van der Waals surface area contributed by atoms with Gasteiger partial charge < -0.3 is 0 Å². The molecule has 0 radical (unpaired) electrons. The first-order chi connectivity index (χ1) is 12.1. The zero-order chi connectivity index (χ0) is 17.4. The summed E-state index contributed by atoms with van der Waals surface area (Å²) >= 11 is 8.78. The molecule has 1 aliphatic heterocycles. The fourth-order valence-electron chi connectivity index (χ4n) is 3.21. The third-order valence-corrected chi connectivity index (χ3v) is 7.09. The van der Waals surface area contributed by atoms with Crippen LogP contribution in [0.15, 0.2) is 24.3 Å². The van der Waals surface area contributed by atoms with Gasteiger partial charge in [-0.3, -0.25) is 9.80 Å². The van der Waals surface area contributed by atoms with Crippen molar-refractivity contribution in [2.24, 2.45) is 0 Å². The van der Waals surface area contributed by atoms with E-state index in [1.54, 1.807) is 11.3 Å². The Morgan fingerprint density at radius 1 is 1.16 bits per heavy atom. The van der Waals surface area contributed by atoms with Crippen molar-refractivity contribution in [2.75, 3.05) is 26.2 Å². The smallest absolute Gasteiger partial charge is 0.180 e. The lowest BCUT2D eigenvalue weighted by Gasteiger charge is -2.37. The van der Waals surface area contributed by atoms with Crippen molar-refractivity contribution in [3.05, 3.63) is 38.2 Å². The molecule has 0 spiro atoms. The zero-order valence-electron chi connectivity index (χ0n) is 14.4. The molecule has 1 aromatic carbocycles. The van der Waals surface area contributed by atoms with E-state index in [2.05, 4.69) is 46.1 Å². The van der Waals surface area contributed by atoms with Gasteiger partial charge in [-0.05, 0) is 38.2 Å². The van der Waals surface area contributed by atoms with Crippen LogP contribution in [-0.2, 0) is 6.67 Å². The molecule has 0 bridgehead atoms. The van der Waals surface area contributed by atoms with Crippen LogP contribution in [0.3, 0.4) is 0 Å². The number of piperazine rings is 1. The molecule has 3 aromatic rings. The number of fused-ring (bicyclic) bond motifs is 1. The zero-order valence-corrected chi connectivity index (χ0v) is 16.8. The topological polar surface area (TPSA) is 37.2 Å². The number of hydrogen-bond acceptors (Lipinski definition) is 7. The van der Waals surface area contributed by atoms with Gasteiger partial charge in [0.2, 0.25) is 0 Å². The summed E-state index contributed by atoms with van der Waals surface area (Å²) in [7, 11) is 0. The molecule has 4 rings (SSSR count). The van der Waals surface area contributed by atoms with Gasteiger partial charge in [0, 0.05) is 26.2 Å². The van der Waals surface area contributed by atoms with E-state index < -0.39 is 0 Å². The van der Waals surface area contributed by atoms with E-state index in [9.17, 15) is 0 Å². The van der Waals surface area contributed by atoms with E-state index in [-0.39, 0.29) is 0 Å². The van der Waals surface area contributed by atoms with Crippen molar-refractivity contribution >= 4 is 45.1 Å². The first-order valence-electron chi connectivity index (χ1n) is 8.46. The van der Waals surface area contributed by atoms with Gasteiger partial charge in [0.15, 0.2) is 3.95 Å². The number of rotatable bonds is 4. The highest BCUT2D eigenvalue weighted by molar-refractivity contribution is 7.73. The Kier molecular flexibility index (Phi) is 4.97. The van der Waals surface area contributed by atoms with Crippen molar-refractivity contribution in [1.29, 1.82) is 0 Å². The van der Waals surface area contributed by atoms with Crippen molar-refractivity contribution in [1.82, 2.24) is 24.6 Å². The Labute approximate surface area is 160 Å². The number of aromatic nitrogens is 3. The average molecular weight is 392 g/mol. The second-order valence-corrected chi connectivity index (χ2v) is 9.27. The van der Waals surface area contributed by atoms with E-state index >= 15 is 0 Å². The lowest BCUT2D eigenvalue weighted by molar-refractivity contribution is 0.0790. The van der Waals surface area contributed by atoms with E-state index in [4.69, 9.17) is 17.2 Å². The summed E-state index contributed by atoms with van der Waals surface area (Å²) in [6.07, 6.45) is 0. The quantitative estimate of drug-likeness (QED) is 0.630. The number of aryl methyl sites for hydroxylation is 1. The maximum atomic E-state index is 5.38. The molecule has 0 N–H and O–H groups in total. The maximum absolute atomic E-state index is 5.38. The van der Waals surface area contributed by atoms with Crippen molar-refractivity contribution in [3.8, 4) is 0 Å². The van der Waals surface area contributed by atoms with Crippen LogP contribution in [0.5, 0.6) is 0 Å². The predicted molar refractivity (Wildman–Crippen MR) is 107 cm³/mol. The van der Waals surface area contributed by atoms with Crippen molar-refractivity contribution in [2.45, 2.75) is 26.6 Å². The summed E-state index contributed by atoms with van der Waals surface area (Å²) in [6.45, 7) is 9.25. The molecule has 1 atom stereocenters. The lowest BCUT2D eigenvalue weighted by Crippen LogP contribution is -2.47. The van der Waals surface area contributed by atoms with Gasteiger partial charge in [-0.15, -0.1) is 11.3 Å². The minimum atomic E-state index is 0.364. The normalized spacial score (nSPS) is 18.0. The molecule has 132 valence electrons. The highest BCUT2D eigenvalue weighted by atomic mass is 32.1. The van der Waals surface area contributed by atoms with Gasteiger partial charge >= 0.3 is 0 Å². The minimum absolute atomic E-state index is 0.364. The monoisotopic (exact) mass is 391 g/mol. The Morgan fingerprint density at radius 3 is 2.60 bits per heavy atom. The van der Waals surface area contributed by atoms with Crippen LogP contribution < -0.4 is 0 Å². The first-order valence-corrected chi connectivity index (χ1v) is 10.5. The van der Waals surface area contributed by atoms with Gasteiger partial charge in [0.05, 0.1) is 22.9 Å².